The summed E-state index contributed by atoms with van der Waals surface area (Å²) in [5.41, 5.74) is 1.22. The Morgan fingerprint density at radius 3 is 2.61 bits per heavy atom. The molecule has 0 spiro atoms. The van der Waals surface area contributed by atoms with Crippen LogP contribution >= 0.6 is 0 Å². The van der Waals surface area contributed by atoms with Gasteiger partial charge in [0.15, 0.2) is 11.5 Å². The Morgan fingerprint density at radius 2 is 2.00 bits per heavy atom. The van der Waals surface area contributed by atoms with E-state index in [0.29, 0.717) is 12.6 Å². The highest BCUT2D eigenvalue weighted by atomic mass is 16.5. The summed E-state index contributed by atoms with van der Waals surface area (Å²) >= 11 is 0. The third-order valence-corrected chi connectivity index (χ3v) is 2.71. The molecular formula is C14H24NO3+. The van der Waals surface area contributed by atoms with E-state index < -0.39 is 0 Å². The number of methoxy groups -OCH3 is 2. The smallest absolute Gasteiger partial charge is 0.161 e. The van der Waals surface area contributed by atoms with E-state index in [9.17, 15) is 0 Å². The number of benzene rings is 1. The van der Waals surface area contributed by atoms with Crippen molar-refractivity contribution in [3.05, 3.63) is 23.8 Å². The largest absolute Gasteiger partial charge is 0.493 e. The molecule has 1 aromatic rings. The maximum absolute atomic E-state index is 5.56. The lowest BCUT2D eigenvalue weighted by molar-refractivity contribution is -0.702. The number of quaternary nitrogens is 1. The zero-order valence-corrected chi connectivity index (χ0v) is 11.7. The summed E-state index contributed by atoms with van der Waals surface area (Å²) in [5, 5.41) is 2.25. The molecule has 0 amide bonds. The second-order valence-electron chi connectivity index (χ2n) is 4.29. The molecule has 0 saturated carbocycles. The highest BCUT2D eigenvalue weighted by Crippen LogP contribution is 2.27. The predicted molar refractivity (Wildman–Crippen MR) is 71.1 cm³/mol. The van der Waals surface area contributed by atoms with Gasteiger partial charge in [-0.15, -0.1) is 0 Å². The van der Waals surface area contributed by atoms with Gasteiger partial charge < -0.3 is 19.5 Å². The average Bonchev–Trinajstić information content (AvgIpc) is 2.37. The number of ether oxygens (including phenoxy) is 3. The van der Waals surface area contributed by atoms with E-state index in [-0.39, 0.29) is 0 Å². The normalized spacial score (nSPS) is 12.2. The fourth-order valence-corrected chi connectivity index (χ4v) is 1.78. The Labute approximate surface area is 109 Å². The van der Waals surface area contributed by atoms with Crippen molar-refractivity contribution >= 4 is 0 Å². The monoisotopic (exact) mass is 254 g/mol. The zero-order valence-electron chi connectivity index (χ0n) is 11.7. The standard InChI is InChI=1S/C14H23NO3/c1-5-18-14-8-12(6-7-13(14)17-4)9-15-11(2)10-16-3/h6-8,11,15H,5,9-10H2,1-4H3/p+1/t11-/m0/s1. The van der Waals surface area contributed by atoms with Gasteiger partial charge in [0.1, 0.15) is 12.6 Å². The van der Waals surface area contributed by atoms with Crippen molar-refractivity contribution in [2.45, 2.75) is 26.4 Å². The molecule has 1 atom stereocenters. The topological polar surface area (TPSA) is 44.3 Å². The predicted octanol–water partition coefficient (Wildman–Crippen LogP) is 1.19. The van der Waals surface area contributed by atoms with Gasteiger partial charge in [0, 0.05) is 12.7 Å². The van der Waals surface area contributed by atoms with Crippen LogP contribution in [-0.2, 0) is 11.3 Å². The van der Waals surface area contributed by atoms with E-state index >= 15 is 0 Å². The number of hydrogen-bond acceptors (Lipinski definition) is 3. The van der Waals surface area contributed by atoms with E-state index in [1.54, 1.807) is 14.2 Å². The van der Waals surface area contributed by atoms with Gasteiger partial charge in [-0.05, 0) is 32.0 Å². The molecule has 0 aliphatic carbocycles. The molecule has 0 saturated heterocycles. The first kappa shape index (κ1) is 14.8. The van der Waals surface area contributed by atoms with Crippen LogP contribution in [0.1, 0.15) is 19.4 Å². The van der Waals surface area contributed by atoms with Crippen molar-refractivity contribution in [2.24, 2.45) is 0 Å². The van der Waals surface area contributed by atoms with Crippen molar-refractivity contribution in [2.75, 3.05) is 27.4 Å². The molecule has 0 aromatic heterocycles. The van der Waals surface area contributed by atoms with Crippen LogP contribution in [0, 0.1) is 0 Å². The maximum atomic E-state index is 5.56. The molecule has 0 unspecified atom stereocenters. The summed E-state index contributed by atoms with van der Waals surface area (Å²) in [6.07, 6.45) is 0. The Kier molecular flexibility index (Phi) is 6.54. The molecule has 1 aromatic carbocycles. The molecule has 4 heteroatoms. The highest BCUT2D eigenvalue weighted by Gasteiger charge is 2.08. The lowest BCUT2D eigenvalue weighted by Gasteiger charge is -2.12. The van der Waals surface area contributed by atoms with Crippen LogP contribution in [0.15, 0.2) is 18.2 Å². The Hall–Kier alpha value is -1.26. The molecule has 0 heterocycles. The SMILES string of the molecule is CCOc1cc(C[NH2+][C@@H](C)COC)ccc1OC. The van der Waals surface area contributed by atoms with Gasteiger partial charge in [0.2, 0.25) is 0 Å². The number of hydrogen-bond donors (Lipinski definition) is 1. The van der Waals surface area contributed by atoms with Gasteiger partial charge in [0.25, 0.3) is 0 Å². The van der Waals surface area contributed by atoms with Crippen molar-refractivity contribution in [1.29, 1.82) is 0 Å². The van der Waals surface area contributed by atoms with Gasteiger partial charge in [-0.3, -0.25) is 0 Å². The summed E-state index contributed by atoms with van der Waals surface area (Å²) in [7, 11) is 3.38. The van der Waals surface area contributed by atoms with E-state index in [1.165, 1.54) is 5.56 Å². The molecule has 18 heavy (non-hydrogen) atoms. The zero-order chi connectivity index (χ0) is 13.4. The van der Waals surface area contributed by atoms with Crippen LogP contribution in [0.4, 0.5) is 0 Å². The molecule has 0 aliphatic rings. The molecule has 0 aliphatic heterocycles. The summed E-state index contributed by atoms with van der Waals surface area (Å²) in [4.78, 5) is 0. The first-order valence-corrected chi connectivity index (χ1v) is 6.33. The lowest BCUT2D eigenvalue weighted by Crippen LogP contribution is -2.88. The lowest BCUT2D eigenvalue weighted by atomic mass is 10.2. The van der Waals surface area contributed by atoms with E-state index in [4.69, 9.17) is 14.2 Å². The minimum Gasteiger partial charge on any atom is -0.493 e. The second kappa shape index (κ2) is 7.95. The Morgan fingerprint density at radius 1 is 1.22 bits per heavy atom. The molecule has 1 rings (SSSR count). The summed E-state index contributed by atoms with van der Waals surface area (Å²) < 4.78 is 15.9. The molecule has 0 radical (unpaired) electrons. The van der Waals surface area contributed by atoms with Crippen LogP contribution in [0.25, 0.3) is 0 Å². The number of nitrogens with two attached hydrogens (primary N) is 1. The molecule has 2 N–H and O–H groups in total. The average molecular weight is 254 g/mol. The van der Waals surface area contributed by atoms with E-state index in [2.05, 4.69) is 18.3 Å². The maximum Gasteiger partial charge on any atom is 0.161 e. The molecule has 102 valence electrons. The Bertz CT molecular complexity index is 355. The Balaban J connectivity index is 2.63. The van der Waals surface area contributed by atoms with Crippen LogP contribution in [0.5, 0.6) is 11.5 Å². The third kappa shape index (κ3) is 4.55. The minimum absolute atomic E-state index is 0.452. The van der Waals surface area contributed by atoms with Crippen molar-refractivity contribution < 1.29 is 19.5 Å². The van der Waals surface area contributed by atoms with Gasteiger partial charge in [-0.2, -0.15) is 0 Å². The summed E-state index contributed by atoms with van der Waals surface area (Å²) in [6.45, 7) is 6.43. The highest BCUT2D eigenvalue weighted by molar-refractivity contribution is 5.42. The quantitative estimate of drug-likeness (QED) is 0.758. The molecule has 0 bridgehead atoms. The van der Waals surface area contributed by atoms with E-state index in [0.717, 1.165) is 24.7 Å². The van der Waals surface area contributed by atoms with Crippen LogP contribution in [-0.4, -0.2) is 33.5 Å². The van der Waals surface area contributed by atoms with Crippen molar-refractivity contribution in [1.82, 2.24) is 0 Å². The van der Waals surface area contributed by atoms with Crippen LogP contribution in [0.2, 0.25) is 0 Å². The van der Waals surface area contributed by atoms with Gasteiger partial charge in [-0.1, -0.05) is 0 Å². The van der Waals surface area contributed by atoms with Crippen molar-refractivity contribution in [3.63, 3.8) is 0 Å². The second-order valence-corrected chi connectivity index (χ2v) is 4.29. The summed E-state index contributed by atoms with van der Waals surface area (Å²) in [6, 6.07) is 6.51. The molecule has 0 fully saturated rings. The van der Waals surface area contributed by atoms with E-state index in [1.807, 2.05) is 19.1 Å². The first-order chi connectivity index (χ1) is 8.71. The minimum atomic E-state index is 0.452. The van der Waals surface area contributed by atoms with Gasteiger partial charge in [0.05, 0.1) is 20.3 Å². The van der Waals surface area contributed by atoms with Crippen LogP contribution in [0.3, 0.4) is 0 Å². The van der Waals surface area contributed by atoms with Crippen LogP contribution < -0.4 is 14.8 Å². The summed E-state index contributed by atoms with van der Waals surface area (Å²) in [5.74, 6) is 1.59. The molecular weight excluding hydrogens is 230 g/mol. The molecule has 4 nitrogen and oxygen atoms in total. The van der Waals surface area contributed by atoms with Gasteiger partial charge >= 0.3 is 0 Å². The fourth-order valence-electron chi connectivity index (χ4n) is 1.78. The van der Waals surface area contributed by atoms with Gasteiger partial charge in [-0.25, -0.2) is 0 Å². The first-order valence-electron chi connectivity index (χ1n) is 6.33. The fraction of sp³-hybridized carbons (Fsp3) is 0.571. The third-order valence-electron chi connectivity index (χ3n) is 2.71. The van der Waals surface area contributed by atoms with Crippen molar-refractivity contribution in [3.8, 4) is 11.5 Å². The number of rotatable bonds is 8.